The van der Waals surface area contributed by atoms with Crippen molar-refractivity contribution in [2.45, 2.75) is 46.2 Å². The highest BCUT2D eigenvalue weighted by Gasteiger charge is 2.09. The fourth-order valence-corrected chi connectivity index (χ4v) is 3.85. The first-order chi connectivity index (χ1) is 14.6. The van der Waals surface area contributed by atoms with Gasteiger partial charge in [0.15, 0.2) is 11.5 Å². The van der Waals surface area contributed by atoms with Crippen LogP contribution in [0.5, 0.6) is 11.5 Å². The number of nitrogens with one attached hydrogen (secondary N) is 1. The van der Waals surface area contributed by atoms with Gasteiger partial charge in [0, 0.05) is 42.3 Å². The number of aliphatic hydroxyl groups is 1. The quantitative estimate of drug-likeness (QED) is 0.437. The summed E-state index contributed by atoms with van der Waals surface area (Å²) in [6.45, 7) is 9.39. The maximum Gasteiger partial charge on any atom is 0.161 e. The van der Waals surface area contributed by atoms with Crippen LogP contribution in [0.2, 0.25) is 0 Å². The first-order valence-electron chi connectivity index (χ1n) is 10.9. The van der Waals surface area contributed by atoms with Crippen LogP contribution in [0.1, 0.15) is 31.5 Å². The Morgan fingerprint density at radius 2 is 1.83 bits per heavy atom. The van der Waals surface area contributed by atoms with Gasteiger partial charge in [0.2, 0.25) is 0 Å². The zero-order chi connectivity index (χ0) is 21.3. The predicted octanol–water partition coefficient (Wildman–Crippen LogP) is 4.33. The van der Waals surface area contributed by atoms with E-state index in [1.54, 1.807) is 0 Å². The molecule has 0 saturated heterocycles. The number of hydrogen-bond acceptors (Lipinski definition) is 4. The van der Waals surface area contributed by atoms with Gasteiger partial charge in [-0.3, -0.25) is 0 Å². The Morgan fingerprint density at radius 3 is 2.57 bits per heavy atom. The van der Waals surface area contributed by atoms with Gasteiger partial charge in [-0.2, -0.15) is 0 Å². The van der Waals surface area contributed by atoms with E-state index in [9.17, 15) is 0 Å². The van der Waals surface area contributed by atoms with Crippen LogP contribution in [0, 0.1) is 6.92 Å². The third-order valence-electron chi connectivity index (χ3n) is 5.26. The molecule has 0 aliphatic rings. The van der Waals surface area contributed by atoms with Gasteiger partial charge in [0.25, 0.3) is 0 Å². The highest BCUT2D eigenvalue weighted by Crippen LogP contribution is 2.26. The SMILES string of the molecule is CCOc1ccccc1OCCN[C@H](C)Cc1ccc2c(c1)cc(C)n2CCCO. The number of aliphatic hydroxyl groups excluding tert-OH is 1. The lowest BCUT2D eigenvalue weighted by atomic mass is 10.1. The van der Waals surface area contributed by atoms with Crippen molar-refractivity contribution >= 4 is 10.9 Å². The Hall–Kier alpha value is -2.50. The molecule has 0 aliphatic carbocycles. The average molecular weight is 411 g/mol. The molecule has 0 radical (unpaired) electrons. The highest BCUT2D eigenvalue weighted by atomic mass is 16.5. The predicted molar refractivity (Wildman–Crippen MR) is 123 cm³/mol. The van der Waals surface area contributed by atoms with Gasteiger partial charge in [-0.15, -0.1) is 0 Å². The number of aryl methyl sites for hydroxylation is 2. The van der Waals surface area contributed by atoms with E-state index >= 15 is 0 Å². The van der Waals surface area contributed by atoms with Crippen LogP contribution in [0.3, 0.4) is 0 Å². The molecule has 0 saturated carbocycles. The van der Waals surface area contributed by atoms with Gasteiger partial charge in [-0.05, 0) is 69.5 Å². The van der Waals surface area contributed by atoms with Crippen LogP contribution < -0.4 is 14.8 Å². The summed E-state index contributed by atoms with van der Waals surface area (Å²) in [7, 11) is 0. The number of hydrogen-bond donors (Lipinski definition) is 2. The molecule has 3 rings (SSSR count). The largest absolute Gasteiger partial charge is 0.490 e. The van der Waals surface area contributed by atoms with Crippen molar-refractivity contribution in [2.75, 3.05) is 26.4 Å². The number of benzene rings is 2. The molecule has 0 spiro atoms. The molecule has 1 atom stereocenters. The van der Waals surface area contributed by atoms with Gasteiger partial charge in [0.05, 0.1) is 6.61 Å². The lowest BCUT2D eigenvalue weighted by molar-refractivity contribution is 0.272. The smallest absolute Gasteiger partial charge is 0.161 e. The normalized spacial score (nSPS) is 12.3. The van der Waals surface area contributed by atoms with E-state index in [1.807, 2.05) is 31.2 Å². The van der Waals surface area contributed by atoms with Gasteiger partial charge >= 0.3 is 0 Å². The van der Waals surface area contributed by atoms with Crippen LogP contribution in [0.25, 0.3) is 10.9 Å². The van der Waals surface area contributed by atoms with Crippen molar-refractivity contribution in [1.29, 1.82) is 0 Å². The van der Waals surface area contributed by atoms with Crippen molar-refractivity contribution < 1.29 is 14.6 Å². The van der Waals surface area contributed by atoms with Crippen LogP contribution in [-0.2, 0) is 13.0 Å². The minimum Gasteiger partial charge on any atom is -0.490 e. The summed E-state index contributed by atoms with van der Waals surface area (Å²) in [6.07, 6.45) is 1.75. The third-order valence-corrected chi connectivity index (χ3v) is 5.26. The molecule has 3 aromatic rings. The van der Waals surface area contributed by atoms with E-state index in [4.69, 9.17) is 14.6 Å². The third kappa shape index (κ3) is 5.77. The maximum atomic E-state index is 9.13. The summed E-state index contributed by atoms with van der Waals surface area (Å²) >= 11 is 0. The first-order valence-corrected chi connectivity index (χ1v) is 10.9. The van der Waals surface area contributed by atoms with Crippen molar-refractivity contribution in [3.8, 4) is 11.5 Å². The summed E-state index contributed by atoms with van der Waals surface area (Å²) in [5.41, 5.74) is 3.81. The molecule has 5 heteroatoms. The molecule has 0 bridgehead atoms. The average Bonchev–Trinajstić information content (AvgIpc) is 3.05. The number of aromatic nitrogens is 1. The number of nitrogens with zero attached hydrogens (tertiary/aromatic N) is 1. The van der Waals surface area contributed by atoms with Crippen molar-refractivity contribution in [3.05, 3.63) is 59.8 Å². The van der Waals surface area contributed by atoms with E-state index in [1.165, 1.54) is 22.2 Å². The summed E-state index contributed by atoms with van der Waals surface area (Å²) < 4.78 is 13.8. The summed E-state index contributed by atoms with van der Waals surface area (Å²) in [5, 5.41) is 13.9. The molecule has 0 fully saturated rings. The lowest BCUT2D eigenvalue weighted by Crippen LogP contribution is -2.31. The zero-order valence-corrected chi connectivity index (χ0v) is 18.4. The Kier molecular flexibility index (Phi) is 8.17. The summed E-state index contributed by atoms with van der Waals surface area (Å²) in [6, 6.07) is 17.1. The van der Waals surface area contributed by atoms with Gasteiger partial charge in [0.1, 0.15) is 6.61 Å². The Morgan fingerprint density at radius 1 is 1.07 bits per heavy atom. The topological polar surface area (TPSA) is 55.7 Å². The Bertz CT molecular complexity index is 935. The molecular weight excluding hydrogens is 376 g/mol. The molecule has 2 N–H and O–H groups in total. The van der Waals surface area contributed by atoms with Gasteiger partial charge in [-0.1, -0.05) is 18.2 Å². The van der Waals surface area contributed by atoms with E-state index in [0.717, 1.165) is 37.4 Å². The second kappa shape index (κ2) is 11.0. The number of rotatable bonds is 12. The first kappa shape index (κ1) is 22.2. The summed E-state index contributed by atoms with van der Waals surface area (Å²) in [5.74, 6) is 1.59. The van der Waals surface area contributed by atoms with Crippen molar-refractivity contribution in [2.24, 2.45) is 0 Å². The minimum atomic E-state index is 0.224. The molecule has 1 aromatic heterocycles. The maximum absolute atomic E-state index is 9.13. The number of ether oxygens (including phenoxy) is 2. The van der Waals surface area contributed by atoms with E-state index < -0.39 is 0 Å². The fraction of sp³-hybridized carbons (Fsp3) is 0.440. The molecule has 0 amide bonds. The lowest BCUT2D eigenvalue weighted by Gasteiger charge is -2.16. The zero-order valence-electron chi connectivity index (χ0n) is 18.4. The van der Waals surface area contributed by atoms with E-state index in [0.29, 0.717) is 19.3 Å². The molecule has 5 nitrogen and oxygen atoms in total. The number of para-hydroxylation sites is 2. The van der Waals surface area contributed by atoms with E-state index in [-0.39, 0.29) is 6.61 Å². The number of fused-ring (bicyclic) bond motifs is 1. The second-order valence-corrected chi connectivity index (χ2v) is 7.70. The second-order valence-electron chi connectivity index (χ2n) is 7.70. The van der Waals surface area contributed by atoms with Crippen molar-refractivity contribution in [1.82, 2.24) is 9.88 Å². The monoisotopic (exact) mass is 410 g/mol. The molecule has 1 heterocycles. The summed E-state index contributed by atoms with van der Waals surface area (Å²) in [4.78, 5) is 0. The van der Waals surface area contributed by atoms with Crippen LogP contribution in [0.15, 0.2) is 48.5 Å². The van der Waals surface area contributed by atoms with Crippen LogP contribution >= 0.6 is 0 Å². The molecular formula is C25H34N2O3. The minimum absolute atomic E-state index is 0.224. The van der Waals surface area contributed by atoms with Crippen LogP contribution in [-0.4, -0.2) is 42.1 Å². The highest BCUT2D eigenvalue weighted by molar-refractivity contribution is 5.82. The van der Waals surface area contributed by atoms with Gasteiger partial charge < -0.3 is 24.5 Å². The standard InChI is InChI=1S/C25H34N2O3/c1-4-29-24-8-5-6-9-25(24)30-15-12-26-19(2)16-21-10-11-23-22(18-21)17-20(3)27(23)13-7-14-28/h5-6,8-11,17-19,26,28H,4,7,12-16H2,1-3H3/t19-/m1/s1. The molecule has 0 aliphatic heterocycles. The fourth-order valence-electron chi connectivity index (χ4n) is 3.85. The molecule has 2 aromatic carbocycles. The van der Waals surface area contributed by atoms with Crippen molar-refractivity contribution in [3.63, 3.8) is 0 Å². The Balaban J connectivity index is 1.50. The molecule has 162 valence electrons. The van der Waals surface area contributed by atoms with Crippen LogP contribution in [0.4, 0.5) is 0 Å². The Labute approximate surface area is 179 Å². The molecule has 30 heavy (non-hydrogen) atoms. The molecule has 0 unspecified atom stereocenters. The van der Waals surface area contributed by atoms with Gasteiger partial charge in [-0.25, -0.2) is 0 Å². The van der Waals surface area contributed by atoms with E-state index in [2.05, 4.69) is 48.0 Å².